The zero-order chi connectivity index (χ0) is 27.9. The zero-order valence-corrected chi connectivity index (χ0v) is 24.4. The summed E-state index contributed by atoms with van der Waals surface area (Å²) in [6.45, 7) is 2.39. The maximum absolute atomic E-state index is 13.5. The van der Waals surface area contributed by atoms with Crippen LogP contribution < -0.4 is 10.6 Å². The van der Waals surface area contributed by atoms with Crippen LogP contribution in [0.1, 0.15) is 28.0 Å². The molecule has 14 heteroatoms. The molecule has 5 rings (SSSR count). The number of aromatic nitrogens is 1. The average Bonchev–Trinajstić information content (AvgIpc) is 3.60. The lowest BCUT2D eigenvalue weighted by atomic mass is 10.0. The molecule has 0 saturated carbocycles. The summed E-state index contributed by atoms with van der Waals surface area (Å²) in [6, 6.07) is 5.64. The summed E-state index contributed by atoms with van der Waals surface area (Å²) < 4.78 is 29.2. The highest BCUT2D eigenvalue weighted by atomic mass is 35.5. The third-order valence-corrected chi connectivity index (χ3v) is 11.5. The molecule has 2 unspecified atom stereocenters. The molecule has 2 aliphatic heterocycles. The van der Waals surface area contributed by atoms with Gasteiger partial charge < -0.3 is 20.9 Å². The van der Waals surface area contributed by atoms with Gasteiger partial charge in [0.05, 0.1) is 10.9 Å². The third kappa shape index (κ3) is 5.52. The molecule has 1 saturated heterocycles. The summed E-state index contributed by atoms with van der Waals surface area (Å²) in [4.78, 5) is 33.0. The van der Waals surface area contributed by atoms with Crippen LogP contribution in [0, 0.1) is 5.41 Å². The van der Waals surface area contributed by atoms with E-state index in [-0.39, 0.29) is 34.9 Å². The van der Waals surface area contributed by atoms with Gasteiger partial charge in [-0.2, -0.15) is 4.31 Å². The second-order valence-corrected chi connectivity index (χ2v) is 14.0. The molecule has 10 nitrogen and oxygen atoms in total. The van der Waals surface area contributed by atoms with E-state index in [2.05, 4.69) is 15.6 Å². The number of hydrogen-bond acceptors (Lipinski definition) is 9. The van der Waals surface area contributed by atoms with E-state index in [1.807, 2.05) is 6.08 Å². The number of halogens is 1. The first-order valence-electron chi connectivity index (χ1n) is 12.3. The molecule has 0 radical (unpaired) electrons. The van der Waals surface area contributed by atoms with Crippen LogP contribution in [-0.4, -0.2) is 85.4 Å². The van der Waals surface area contributed by atoms with Gasteiger partial charge in [-0.1, -0.05) is 23.7 Å². The van der Waals surface area contributed by atoms with Gasteiger partial charge in [0.15, 0.2) is 5.01 Å². The fraction of sp³-hybridized carbons (Fsp3) is 0.360. The van der Waals surface area contributed by atoms with Crippen LogP contribution in [0.4, 0.5) is 0 Å². The number of sulfonamides is 1. The molecule has 0 spiro atoms. The van der Waals surface area contributed by atoms with Crippen LogP contribution in [0.25, 0.3) is 15.7 Å². The fourth-order valence-corrected chi connectivity index (χ4v) is 8.87. The second-order valence-electron chi connectivity index (χ2n) is 9.33. The summed E-state index contributed by atoms with van der Waals surface area (Å²) in [5.41, 5.74) is 1.53. The maximum atomic E-state index is 13.5. The molecule has 2 aliphatic rings. The number of thiophene rings is 1. The summed E-state index contributed by atoms with van der Waals surface area (Å²) in [5, 5.41) is 15.3. The molecule has 0 aliphatic carbocycles. The number of piperazine rings is 1. The van der Waals surface area contributed by atoms with Gasteiger partial charge >= 0.3 is 0 Å². The number of amides is 2. The Labute approximate surface area is 239 Å². The van der Waals surface area contributed by atoms with Crippen LogP contribution in [0.2, 0.25) is 5.02 Å². The molecule has 39 heavy (non-hydrogen) atoms. The van der Waals surface area contributed by atoms with Crippen molar-refractivity contribution in [2.45, 2.75) is 29.6 Å². The zero-order valence-electron chi connectivity index (χ0n) is 21.2. The average molecular weight is 607 g/mol. The number of fused-ring (bicyclic) bond motifs is 1. The quantitative estimate of drug-likeness (QED) is 0.369. The van der Waals surface area contributed by atoms with E-state index < -0.39 is 27.9 Å². The molecule has 2 amide bonds. The molecule has 3 N–H and O–H groups in total. The van der Waals surface area contributed by atoms with Crippen LogP contribution in [0.5, 0.6) is 0 Å². The Hall–Kier alpha value is -2.68. The summed E-state index contributed by atoms with van der Waals surface area (Å²) in [5.74, 6) is -0.865. The standard InChI is InChI=1S/C25H27ClN6O4S3/c1-14(27)18-9-16(5-6-29-18)21-12-30-24(38-21)25(34)32-8-7-31(13-19(32)23(33)28-2)39(35,36)22-10-15-3-4-17(26)11-20(15)37-22/h3-4,9-12,18-19,27,29H,5-8,13H2,1-2H3,(H,28,33). The Morgan fingerprint density at radius 3 is 2.77 bits per heavy atom. The van der Waals surface area contributed by atoms with Crippen molar-refractivity contribution in [3.8, 4) is 0 Å². The van der Waals surface area contributed by atoms with Crippen LogP contribution >= 0.6 is 34.3 Å². The third-order valence-electron chi connectivity index (χ3n) is 6.80. The normalized spacial score (nSPS) is 20.6. The van der Waals surface area contributed by atoms with Crippen molar-refractivity contribution in [1.29, 1.82) is 5.41 Å². The van der Waals surface area contributed by atoms with Crippen molar-refractivity contribution in [3.05, 3.63) is 51.4 Å². The lowest BCUT2D eigenvalue weighted by Gasteiger charge is -2.39. The monoisotopic (exact) mass is 606 g/mol. The van der Waals surface area contributed by atoms with E-state index in [4.69, 9.17) is 17.0 Å². The van der Waals surface area contributed by atoms with Crippen molar-refractivity contribution in [3.63, 3.8) is 0 Å². The minimum atomic E-state index is -3.90. The van der Waals surface area contributed by atoms with Crippen molar-refractivity contribution < 1.29 is 18.0 Å². The van der Waals surface area contributed by atoms with Gasteiger partial charge in [0.2, 0.25) is 5.91 Å². The molecule has 1 fully saturated rings. The fourth-order valence-electron chi connectivity index (χ4n) is 4.68. The van der Waals surface area contributed by atoms with Crippen LogP contribution in [-0.2, 0) is 14.8 Å². The number of nitrogens with one attached hydrogen (secondary N) is 3. The smallest absolute Gasteiger partial charge is 0.283 e. The number of carbonyl (C=O) groups is 2. The summed E-state index contributed by atoms with van der Waals surface area (Å²) >= 11 is 8.43. The highest BCUT2D eigenvalue weighted by molar-refractivity contribution is 7.91. The minimum absolute atomic E-state index is 0.0451. The molecular weight excluding hydrogens is 580 g/mol. The Morgan fingerprint density at radius 1 is 1.23 bits per heavy atom. The Balaban J connectivity index is 1.37. The first kappa shape index (κ1) is 27.9. The topological polar surface area (TPSA) is 136 Å². The van der Waals surface area contributed by atoms with Crippen molar-refractivity contribution in [2.75, 3.05) is 33.2 Å². The van der Waals surface area contributed by atoms with E-state index in [9.17, 15) is 18.0 Å². The lowest BCUT2D eigenvalue weighted by molar-refractivity contribution is -0.126. The van der Waals surface area contributed by atoms with Gasteiger partial charge in [0.1, 0.15) is 10.3 Å². The molecule has 2 atom stereocenters. The highest BCUT2D eigenvalue weighted by Crippen LogP contribution is 2.34. The van der Waals surface area contributed by atoms with Crippen LogP contribution in [0.15, 0.2) is 40.7 Å². The van der Waals surface area contributed by atoms with Crippen LogP contribution in [0.3, 0.4) is 0 Å². The predicted octanol–water partition coefficient (Wildman–Crippen LogP) is 3.06. The van der Waals surface area contributed by atoms with Crippen molar-refractivity contribution in [1.82, 2.24) is 24.8 Å². The largest absolute Gasteiger partial charge is 0.357 e. The Kier molecular flexibility index (Phi) is 7.91. The first-order valence-corrected chi connectivity index (χ1v) is 15.7. The SMILES string of the molecule is CNC(=O)C1CN(S(=O)(=O)c2cc3ccc(Cl)cc3s2)CCN1C(=O)c1ncc(C2=CC(C(C)=N)NCC2)s1. The summed E-state index contributed by atoms with van der Waals surface area (Å²) in [7, 11) is -2.44. The van der Waals surface area contributed by atoms with Crippen molar-refractivity contribution >= 4 is 77.5 Å². The van der Waals surface area contributed by atoms with E-state index in [0.29, 0.717) is 10.7 Å². The van der Waals surface area contributed by atoms with Gasteiger partial charge in [-0.05, 0) is 42.5 Å². The summed E-state index contributed by atoms with van der Waals surface area (Å²) in [6.07, 6.45) is 4.38. The number of likely N-dealkylation sites (N-methyl/N-ethyl adjacent to an activating group) is 1. The predicted molar refractivity (Wildman–Crippen MR) is 154 cm³/mol. The first-order chi connectivity index (χ1) is 18.6. The molecule has 1 aromatic carbocycles. The van der Waals surface area contributed by atoms with Gasteiger partial charge in [-0.25, -0.2) is 13.4 Å². The minimum Gasteiger partial charge on any atom is -0.357 e. The molecule has 4 heterocycles. The van der Waals surface area contributed by atoms with E-state index in [1.165, 1.54) is 27.6 Å². The van der Waals surface area contributed by atoms with Crippen molar-refractivity contribution in [2.24, 2.45) is 0 Å². The van der Waals surface area contributed by atoms with E-state index in [1.54, 1.807) is 37.4 Å². The number of carbonyl (C=O) groups excluding carboxylic acids is 2. The molecule has 3 aromatic rings. The Morgan fingerprint density at radius 2 is 2.03 bits per heavy atom. The van der Waals surface area contributed by atoms with Gasteiger partial charge in [-0.3, -0.25) is 9.59 Å². The molecule has 2 aromatic heterocycles. The number of benzene rings is 1. The number of hydrogen-bond donors (Lipinski definition) is 3. The maximum Gasteiger partial charge on any atom is 0.283 e. The van der Waals surface area contributed by atoms with E-state index >= 15 is 0 Å². The second kappa shape index (κ2) is 11.1. The number of rotatable bonds is 6. The number of thiazole rings is 1. The number of nitrogens with zero attached hydrogens (tertiary/aromatic N) is 3. The highest BCUT2D eigenvalue weighted by Gasteiger charge is 2.41. The molecular formula is C25H27ClN6O4S3. The van der Waals surface area contributed by atoms with Gasteiger partial charge in [-0.15, -0.1) is 22.7 Å². The van der Waals surface area contributed by atoms with Gasteiger partial charge in [0, 0.05) is 54.9 Å². The lowest BCUT2D eigenvalue weighted by Crippen LogP contribution is -2.61. The molecule has 206 valence electrons. The van der Waals surface area contributed by atoms with E-state index in [0.717, 1.165) is 44.8 Å². The van der Waals surface area contributed by atoms with Gasteiger partial charge in [0.25, 0.3) is 15.9 Å². The molecule has 0 bridgehead atoms. The Bertz CT molecular complexity index is 1600.